The topological polar surface area (TPSA) is 244 Å². The van der Waals surface area contributed by atoms with E-state index in [-0.39, 0.29) is 112 Å². The fourth-order valence-electron chi connectivity index (χ4n) is 9.07. The van der Waals surface area contributed by atoms with Crippen LogP contribution in [0.15, 0.2) is 134 Å². The molecule has 0 radical (unpaired) electrons. The van der Waals surface area contributed by atoms with Gasteiger partial charge in [-0.15, -0.1) is 0 Å². The van der Waals surface area contributed by atoms with Gasteiger partial charge in [0.15, 0.2) is 0 Å². The second-order valence-electron chi connectivity index (χ2n) is 15.5. The van der Waals surface area contributed by atoms with Crippen molar-refractivity contribution in [3.05, 3.63) is 223 Å². The first-order valence-corrected chi connectivity index (χ1v) is 20.9. The van der Waals surface area contributed by atoms with Crippen LogP contribution in [0.4, 0.5) is 0 Å². The second-order valence-corrected chi connectivity index (χ2v) is 15.5. The zero-order valence-corrected chi connectivity index (χ0v) is 36.1. The Labute approximate surface area is 400 Å². The number of allylic oxidation sites excluding steroid dienone is 7. The molecule has 5 aromatic carbocycles. The summed E-state index contributed by atoms with van der Waals surface area (Å²) < 4.78 is 0. The van der Waals surface area contributed by atoms with Gasteiger partial charge < -0.3 is 0 Å². The summed E-state index contributed by atoms with van der Waals surface area (Å²) in [6, 6.07) is 51.7. The summed E-state index contributed by atoms with van der Waals surface area (Å²) in [4.78, 5) is 13.5. The minimum atomic E-state index is -0.0716. The van der Waals surface area contributed by atoms with Crippen molar-refractivity contribution in [2.45, 2.75) is 0 Å². The lowest BCUT2D eigenvalue weighted by molar-refractivity contribution is 1.28. The lowest BCUT2D eigenvalue weighted by atomic mass is 9.77. The molecular weight excluding hydrogens is 865 g/mol. The molecule has 2 aliphatic carbocycles. The molecule has 70 heavy (non-hydrogen) atoms. The van der Waals surface area contributed by atoms with Crippen molar-refractivity contribution in [3.8, 4) is 76.9 Å². The van der Waals surface area contributed by atoms with Gasteiger partial charge in [0.05, 0.1) is 104 Å². The van der Waals surface area contributed by atoms with E-state index in [1.165, 1.54) is 48.8 Å². The van der Waals surface area contributed by atoms with Gasteiger partial charge in [0.25, 0.3) is 0 Å². The molecule has 0 saturated heterocycles. The van der Waals surface area contributed by atoms with E-state index in [2.05, 4.69) is 59.5 Å². The van der Waals surface area contributed by atoms with E-state index in [0.717, 1.165) is 0 Å². The molecule has 0 N–H and O–H groups in total. The van der Waals surface area contributed by atoms with Crippen LogP contribution in [0.1, 0.15) is 78.1 Å². The van der Waals surface area contributed by atoms with Crippen LogP contribution in [0.2, 0.25) is 0 Å². The number of benzene rings is 5. The molecule has 0 bridgehead atoms. The fourth-order valence-corrected chi connectivity index (χ4v) is 9.07. The van der Waals surface area contributed by atoms with E-state index in [1.807, 2.05) is 0 Å². The van der Waals surface area contributed by atoms with Gasteiger partial charge in [0.2, 0.25) is 5.70 Å². The maximum atomic E-state index is 11.7. The quantitative estimate of drug-likeness (QED) is 0.112. The van der Waals surface area contributed by atoms with Gasteiger partial charge in [-0.3, -0.25) is 9.97 Å². The summed E-state index contributed by atoms with van der Waals surface area (Å²) in [5.41, 5.74) is 5.01. The number of nitrogens with zero attached hydrogens (tertiary/aromatic N) is 12. The molecule has 2 aliphatic rings. The predicted octanol–water partition coefficient (Wildman–Crippen LogP) is 11.2. The normalized spacial score (nSPS) is 13.2. The Bertz CT molecular complexity index is 3730. The molecule has 314 valence electrons. The van der Waals surface area contributed by atoms with Crippen LogP contribution in [0.5, 0.6) is 0 Å². The Morgan fingerprint density at radius 1 is 0.400 bits per heavy atom. The highest BCUT2D eigenvalue weighted by Crippen LogP contribution is 2.63. The van der Waals surface area contributed by atoms with E-state index >= 15 is 0 Å². The Hall–Kier alpha value is -11.7. The number of pyridine rings is 2. The smallest absolute Gasteiger partial charge is 0.202 e. The predicted molar refractivity (Wildman–Crippen MR) is 258 cm³/mol. The van der Waals surface area contributed by atoms with Gasteiger partial charge in [-0.2, -0.15) is 47.4 Å². The van der Waals surface area contributed by atoms with Gasteiger partial charge >= 0.3 is 0 Å². The van der Waals surface area contributed by atoms with Crippen molar-refractivity contribution >= 4 is 44.7 Å². The van der Waals surface area contributed by atoms with Crippen molar-refractivity contribution in [2.75, 3.05) is 0 Å². The van der Waals surface area contributed by atoms with E-state index in [9.17, 15) is 47.4 Å². The first-order valence-electron chi connectivity index (χ1n) is 20.9. The molecule has 9 rings (SSSR count). The van der Waals surface area contributed by atoms with Crippen molar-refractivity contribution < 1.29 is 0 Å². The Morgan fingerprint density at radius 2 is 0.800 bits per heavy atom. The minimum Gasteiger partial charge on any atom is -0.256 e. The van der Waals surface area contributed by atoms with Crippen molar-refractivity contribution in [3.63, 3.8) is 0 Å². The molecule has 2 aromatic heterocycles. The number of aromatic nitrogens is 2. The third-order valence-electron chi connectivity index (χ3n) is 11.8. The highest BCUT2D eigenvalue weighted by molar-refractivity contribution is 6.38. The van der Waals surface area contributed by atoms with Crippen LogP contribution < -0.4 is 0 Å². The molecule has 0 atom stereocenters. The van der Waals surface area contributed by atoms with E-state index < -0.39 is 0 Å². The van der Waals surface area contributed by atoms with E-state index in [4.69, 9.17) is 16.5 Å². The maximum absolute atomic E-state index is 11.7. The monoisotopic (exact) mass is 886 g/mol. The molecule has 12 heteroatoms. The molecule has 0 fully saturated rings. The summed E-state index contributed by atoms with van der Waals surface area (Å²) in [5.74, 6) is 0. The minimum absolute atomic E-state index is 0.0252. The number of nitriles is 9. The zero-order valence-electron chi connectivity index (χ0n) is 36.1. The Kier molecular flexibility index (Phi) is 11.2. The van der Waals surface area contributed by atoms with Crippen molar-refractivity contribution in [1.82, 2.24) is 9.97 Å². The van der Waals surface area contributed by atoms with Gasteiger partial charge in [-0.25, -0.2) is 4.85 Å². The maximum Gasteiger partial charge on any atom is 0.202 e. The molecule has 0 spiro atoms. The molecule has 0 aliphatic heterocycles. The molecule has 2 heterocycles. The molecule has 7 aromatic rings. The molecule has 0 amide bonds. The highest BCUT2D eigenvalue weighted by atomic mass is 14.7. The molecule has 0 unspecified atom stereocenters. The number of hydrogen-bond acceptors (Lipinski definition) is 11. The summed E-state index contributed by atoms with van der Waals surface area (Å²) in [5, 5.41) is 95.6. The standard InChI is InChI=1S/C58H22N12/c1-68-58(42-22-37(28-63)19-38(23-42)29-64)57-51(47-7-3-5-17-70-47)45(32-67)54-48(39-12-8-33(24-59)9-13-39)55-52(43(30-65)41-20-35(26-61)18-36(21-41)27-62)50(46-6-2-4-16-69-46)44(31-66)53(55)49(56(54)57)40-14-10-34(25-60)11-15-40/h2-23H/b52-43+,58-57-. The van der Waals surface area contributed by atoms with Gasteiger partial charge in [0.1, 0.15) is 18.2 Å². The lowest BCUT2D eigenvalue weighted by Gasteiger charge is -2.24. The van der Waals surface area contributed by atoms with Crippen LogP contribution in [-0.4, -0.2) is 9.97 Å². The fraction of sp³-hybridized carbons (Fsp3) is 0. The summed E-state index contributed by atoms with van der Waals surface area (Å²) in [7, 11) is 0. The van der Waals surface area contributed by atoms with E-state index in [1.54, 1.807) is 84.9 Å². The van der Waals surface area contributed by atoms with E-state index in [0.29, 0.717) is 33.4 Å². The van der Waals surface area contributed by atoms with Gasteiger partial charge in [0, 0.05) is 51.4 Å². The van der Waals surface area contributed by atoms with Crippen molar-refractivity contribution in [1.29, 1.82) is 47.4 Å². The second kappa shape index (κ2) is 18.0. The zero-order chi connectivity index (χ0) is 49.1. The summed E-state index contributed by atoms with van der Waals surface area (Å²) in [6.07, 6.45) is 3.06. The highest BCUT2D eigenvalue weighted by Gasteiger charge is 2.44. The number of rotatable bonds is 6. The van der Waals surface area contributed by atoms with Crippen molar-refractivity contribution in [2.24, 2.45) is 0 Å². The SMILES string of the molecule is [C-]#[N+]/C(=C1/C(c2ccccn2)=C(C#N)c2c1c(-c1ccc(C#N)cc1)c1c(c2-c2ccc(C#N)cc2)/C(=C(\C#N)c2cc(C#N)cc(C#N)c2)C(c2ccccn2)=C1C#N)c1cc(C#N)cc(C#N)c1. The molecule has 12 nitrogen and oxygen atoms in total. The summed E-state index contributed by atoms with van der Waals surface area (Å²) in [6.45, 7) is 8.92. The van der Waals surface area contributed by atoms with Crippen LogP contribution in [0.25, 0.3) is 71.8 Å². The molecular formula is C58H22N12. The van der Waals surface area contributed by atoms with Crippen LogP contribution in [0.3, 0.4) is 0 Å². The largest absolute Gasteiger partial charge is 0.256 e. The first kappa shape index (κ1) is 43.5. The van der Waals surface area contributed by atoms with Crippen LogP contribution in [-0.2, 0) is 0 Å². The average molecular weight is 887 g/mol. The first-order chi connectivity index (χ1) is 34.3. The molecule has 0 saturated carbocycles. The van der Waals surface area contributed by atoms with Crippen LogP contribution in [0, 0.1) is 109 Å². The van der Waals surface area contributed by atoms with Gasteiger partial charge in [-0.1, -0.05) is 36.4 Å². The number of fused-ring (bicyclic) bond motifs is 2. The lowest BCUT2D eigenvalue weighted by Crippen LogP contribution is -2.05. The Balaban J connectivity index is 1.66. The van der Waals surface area contributed by atoms with Gasteiger partial charge in [-0.05, 0) is 124 Å². The average Bonchev–Trinajstić information content (AvgIpc) is 3.94. The summed E-state index contributed by atoms with van der Waals surface area (Å²) >= 11 is 0. The number of hydrogen-bond donors (Lipinski definition) is 0. The Morgan fingerprint density at radius 3 is 1.16 bits per heavy atom. The third-order valence-corrected chi connectivity index (χ3v) is 11.8. The van der Waals surface area contributed by atoms with Crippen LogP contribution >= 0.6 is 0 Å². The third kappa shape index (κ3) is 7.04.